The summed E-state index contributed by atoms with van der Waals surface area (Å²) in [6.45, 7) is 0. The van der Waals surface area contributed by atoms with Crippen LogP contribution < -0.4 is 15.0 Å². The predicted octanol–water partition coefficient (Wildman–Crippen LogP) is 2.02. The van der Waals surface area contributed by atoms with Crippen LogP contribution in [-0.4, -0.2) is 26.4 Å². The van der Waals surface area contributed by atoms with Gasteiger partial charge < -0.3 is 4.74 Å². The molecule has 0 bridgehead atoms. The van der Waals surface area contributed by atoms with Crippen molar-refractivity contribution in [1.29, 1.82) is 0 Å². The van der Waals surface area contributed by atoms with E-state index in [4.69, 9.17) is 27.9 Å². The maximum Gasteiger partial charge on any atom is 0.270 e. The van der Waals surface area contributed by atoms with Crippen LogP contribution in [-0.2, 0) is 10.0 Å². The number of amides is 1. The van der Waals surface area contributed by atoms with Crippen LogP contribution in [0.3, 0.4) is 0 Å². The Morgan fingerprint density at radius 3 is 2.61 bits per heavy atom. The largest absolute Gasteiger partial charge is 0.496 e. The molecule has 122 valence electrons. The molecule has 0 unspecified atom stereocenters. The van der Waals surface area contributed by atoms with Crippen molar-refractivity contribution in [2.45, 2.75) is 4.90 Å². The lowest BCUT2D eigenvalue weighted by atomic mass is 10.2. The lowest BCUT2D eigenvalue weighted by Crippen LogP contribution is -2.41. The van der Waals surface area contributed by atoms with Crippen molar-refractivity contribution < 1.29 is 17.9 Å². The van der Waals surface area contributed by atoms with E-state index in [1.54, 1.807) is 18.2 Å². The maximum atomic E-state index is 12.1. The standard InChI is InChI=1S/C13H11Cl2N3O4S/c1-22-11-5-3-2-4-9(11)13(19)17-18-23(20,21)8-6-10(14)12(15)16-7-8/h2-7,18H,1H3,(H,17,19). The number of nitrogens with one attached hydrogen (secondary N) is 2. The van der Waals surface area contributed by atoms with Gasteiger partial charge in [0.1, 0.15) is 15.8 Å². The average Bonchev–Trinajstić information content (AvgIpc) is 2.55. The number of sulfonamides is 1. The Labute approximate surface area is 142 Å². The number of pyridine rings is 1. The molecule has 0 aliphatic heterocycles. The zero-order valence-corrected chi connectivity index (χ0v) is 14.0. The molecule has 0 aliphatic rings. The number of hydrogen-bond donors (Lipinski definition) is 2. The number of rotatable bonds is 5. The van der Waals surface area contributed by atoms with E-state index in [1.165, 1.54) is 13.2 Å². The fraction of sp³-hybridized carbons (Fsp3) is 0.0769. The Hall–Kier alpha value is -1.87. The number of carbonyl (C=O) groups excluding carboxylic acids is 1. The van der Waals surface area contributed by atoms with Gasteiger partial charge in [0, 0.05) is 6.20 Å². The molecule has 1 aromatic carbocycles. The third-order valence-corrected chi connectivity index (χ3v) is 4.63. The lowest BCUT2D eigenvalue weighted by Gasteiger charge is -2.10. The van der Waals surface area contributed by atoms with Gasteiger partial charge in [-0.1, -0.05) is 35.3 Å². The van der Waals surface area contributed by atoms with Crippen molar-refractivity contribution in [2.75, 3.05) is 7.11 Å². The Morgan fingerprint density at radius 2 is 1.96 bits per heavy atom. The number of nitrogens with zero attached hydrogens (tertiary/aromatic N) is 1. The molecule has 0 saturated carbocycles. The minimum absolute atomic E-state index is 0.0226. The van der Waals surface area contributed by atoms with Crippen LogP contribution in [0.15, 0.2) is 41.4 Å². The molecule has 0 fully saturated rings. The zero-order valence-electron chi connectivity index (χ0n) is 11.7. The minimum atomic E-state index is -4.05. The molecule has 2 N–H and O–H groups in total. The van der Waals surface area contributed by atoms with Crippen molar-refractivity contribution >= 4 is 39.1 Å². The number of hydrogen-bond acceptors (Lipinski definition) is 5. The second kappa shape index (κ2) is 7.14. The molecule has 1 aromatic heterocycles. The molecule has 2 aromatic rings. The van der Waals surface area contributed by atoms with E-state index in [0.29, 0.717) is 5.75 Å². The van der Waals surface area contributed by atoms with E-state index in [0.717, 1.165) is 12.3 Å². The zero-order chi connectivity index (χ0) is 17.0. The molecule has 0 saturated heterocycles. The number of benzene rings is 1. The first-order chi connectivity index (χ1) is 10.8. The van der Waals surface area contributed by atoms with Crippen LogP contribution >= 0.6 is 23.2 Å². The molecule has 0 atom stereocenters. The van der Waals surface area contributed by atoms with Gasteiger partial charge in [0.25, 0.3) is 15.9 Å². The van der Waals surface area contributed by atoms with Crippen molar-refractivity contribution in [3.63, 3.8) is 0 Å². The highest BCUT2D eigenvalue weighted by atomic mass is 35.5. The first-order valence-electron chi connectivity index (χ1n) is 6.11. The van der Waals surface area contributed by atoms with E-state index in [1.807, 2.05) is 4.83 Å². The first-order valence-corrected chi connectivity index (χ1v) is 8.35. The number of carbonyl (C=O) groups is 1. The molecule has 7 nitrogen and oxygen atoms in total. The molecule has 1 amide bonds. The fourth-order valence-corrected chi connectivity index (χ4v) is 2.77. The second-order valence-electron chi connectivity index (χ2n) is 4.20. The van der Waals surface area contributed by atoms with Crippen molar-refractivity contribution in [3.8, 4) is 5.75 Å². The van der Waals surface area contributed by atoms with E-state index >= 15 is 0 Å². The summed E-state index contributed by atoms with van der Waals surface area (Å²) < 4.78 is 29.2. The third-order valence-electron chi connectivity index (χ3n) is 2.73. The van der Waals surface area contributed by atoms with Gasteiger partial charge in [-0.25, -0.2) is 13.4 Å². The highest BCUT2D eigenvalue weighted by Gasteiger charge is 2.19. The van der Waals surface area contributed by atoms with Gasteiger partial charge >= 0.3 is 0 Å². The second-order valence-corrected chi connectivity index (χ2v) is 6.65. The predicted molar refractivity (Wildman–Crippen MR) is 85.0 cm³/mol. The molecular weight excluding hydrogens is 365 g/mol. The van der Waals surface area contributed by atoms with E-state index < -0.39 is 15.9 Å². The molecule has 10 heteroatoms. The van der Waals surface area contributed by atoms with Gasteiger partial charge in [0.05, 0.1) is 17.7 Å². The third kappa shape index (κ3) is 4.11. The minimum Gasteiger partial charge on any atom is -0.496 e. The smallest absolute Gasteiger partial charge is 0.270 e. The summed E-state index contributed by atoms with van der Waals surface area (Å²) in [6.07, 6.45) is 1.02. The lowest BCUT2D eigenvalue weighted by molar-refractivity contribution is 0.0942. The number of hydrazine groups is 1. The fourth-order valence-electron chi connectivity index (χ4n) is 1.62. The summed E-state index contributed by atoms with van der Waals surface area (Å²) in [4.78, 5) is 17.4. The number of para-hydroxylation sites is 1. The van der Waals surface area contributed by atoms with Gasteiger partial charge in [0.2, 0.25) is 0 Å². The molecule has 0 spiro atoms. The normalized spacial score (nSPS) is 11.1. The number of methoxy groups -OCH3 is 1. The Morgan fingerprint density at radius 1 is 1.26 bits per heavy atom. The van der Waals surface area contributed by atoms with Crippen molar-refractivity contribution in [2.24, 2.45) is 0 Å². The van der Waals surface area contributed by atoms with Gasteiger partial charge in [0.15, 0.2) is 0 Å². The van der Waals surface area contributed by atoms with Crippen LogP contribution in [0, 0.1) is 0 Å². The highest BCUT2D eigenvalue weighted by molar-refractivity contribution is 7.89. The topological polar surface area (TPSA) is 97.4 Å². The maximum absolute atomic E-state index is 12.1. The molecule has 0 radical (unpaired) electrons. The van der Waals surface area contributed by atoms with Crippen LogP contribution in [0.5, 0.6) is 5.75 Å². The summed E-state index contributed by atoms with van der Waals surface area (Å²) in [5, 5.41) is -0.0470. The van der Waals surface area contributed by atoms with Gasteiger partial charge in [-0.3, -0.25) is 10.2 Å². The molecular formula is C13H11Cl2N3O4S. The van der Waals surface area contributed by atoms with Crippen LogP contribution in [0.2, 0.25) is 10.2 Å². The Kier molecular flexibility index (Phi) is 5.42. The summed E-state index contributed by atoms with van der Waals surface area (Å²) >= 11 is 11.4. The van der Waals surface area contributed by atoms with E-state index in [9.17, 15) is 13.2 Å². The quantitative estimate of drug-likeness (QED) is 0.615. The average molecular weight is 376 g/mol. The van der Waals surface area contributed by atoms with Crippen LogP contribution in [0.4, 0.5) is 0 Å². The van der Waals surface area contributed by atoms with Crippen LogP contribution in [0.25, 0.3) is 0 Å². The van der Waals surface area contributed by atoms with Crippen LogP contribution in [0.1, 0.15) is 10.4 Å². The molecule has 23 heavy (non-hydrogen) atoms. The summed E-state index contributed by atoms with van der Waals surface area (Å²) in [5.74, 6) is -0.376. The van der Waals surface area contributed by atoms with Gasteiger partial charge in [-0.15, -0.1) is 4.83 Å². The Bertz CT molecular complexity index is 843. The molecule has 1 heterocycles. The van der Waals surface area contributed by atoms with Crippen molar-refractivity contribution in [3.05, 3.63) is 52.3 Å². The SMILES string of the molecule is COc1ccccc1C(=O)NNS(=O)(=O)c1cnc(Cl)c(Cl)c1. The summed E-state index contributed by atoms with van der Waals surface area (Å²) in [7, 11) is -2.65. The number of halogens is 2. The molecule has 2 rings (SSSR count). The monoisotopic (exact) mass is 375 g/mol. The number of ether oxygens (including phenoxy) is 1. The number of aromatic nitrogens is 1. The summed E-state index contributed by atoms with van der Waals surface area (Å²) in [6, 6.07) is 7.49. The molecule has 0 aliphatic carbocycles. The van der Waals surface area contributed by atoms with E-state index in [2.05, 4.69) is 10.4 Å². The highest BCUT2D eigenvalue weighted by Crippen LogP contribution is 2.22. The van der Waals surface area contributed by atoms with Gasteiger partial charge in [-0.05, 0) is 18.2 Å². The first kappa shape index (κ1) is 17.5. The Balaban J connectivity index is 2.15. The summed E-state index contributed by atoms with van der Waals surface area (Å²) in [5.41, 5.74) is 2.26. The van der Waals surface area contributed by atoms with Crippen molar-refractivity contribution in [1.82, 2.24) is 15.2 Å². The van der Waals surface area contributed by atoms with E-state index in [-0.39, 0.29) is 20.6 Å². The van der Waals surface area contributed by atoms with Gasteiger partial charge in [-0.2, -0.15) is 0 Å².